The highest BCUT2D eigenvalue weighted by molar-refractivity contribution is 5.43. The van der Waals surface area contributed by atoms with Crippen LogP contribution in [-0.4, -0.2) is 31.0 Å². The summed E-state index contributed by atoms with van der Waals surface area (Å²) in [6.45, 7) is 2.48. The molecule has 0 bridgehead atoms. The zero-order valence-electron chi connectivity index (χ0n) is 11.8. The summed E-state index contributed by atoms with van der Waals surface area (Å²) in [7, 11) is 0. The van der Waals surface area contributed by atoms with Gasteiger partial charge in [-0.1, -0.05) is 6.07 Å². The van der Waals surface area contributed by atoms with Gasteiger partial charge in [-0.3, -0.25) is 0 Å². The van der Waals surface area contributed by atoms with Crippen LogP contribution < -0.4 is 14.8 Å². The van der Waals surface area contributed by atoms with Gasteiger partial charge in [0.05, 0.1) is 0 Å². The van der Waals surface area contributed by atoms with Gasteiger partial charge in [-0.2, -0.15) is 0 Å². The summed E-state index contributed by atoms with van der Waals surface area (Å²) in [6, 6.07) is 6.74. The van der Waals surface area contributed by atoms with Crippen molar-refractivity contribution in [3.8, 4) is 11.5 Å². The van der Waals surface area contributed by atoms with E-state index in [1.807, 2.05) is 6.07 Å². The minimum Gasteiger partial charge on any atom is -0.486 e. The maximum absolute atomic E-state index is 9.15. The van der Waals surface area contributed by atoms with Crippen LogP contribution in [0.2, 0.25) is 0 Å². The molecule has 0 atom stereocenters. The highest BCUT2D eigenvalue weighted by Crippen LogP contribution is 2.31. The molecule has 1 aliphatic carbocycles. The van der Waals surface area contributed by atoms with Crippen molar-refractivity contribution in [2.24, 2.45) is 5.92 Å². The monoisotopic (exact) mass is 277 g/mol. The van der Waals surface area contributed by atoms with Gasteiger partial charge in [0.25, 0.3) is 0 Å². The van der Waals surface area contributed by atoms with Gasteiger partial charge in [0.2, 0.25) is 0 Å². The predicted molar refractivity (Wildman–Crippen MR) is 77.1 cm³/mol. The first-order valence-electron chi connectivity index (χ1n) is 7.58. The number of nitrogens with one attached hydrogen (secondary N) is 1. The van der Waals surface area contributed by atoms with E-state index in [2.05, 4.69) is 17.4 Å². The van der Waals surface area contributed by atoms with Crippen molar-refractivity contribution in [1.29, 1.82) is 0 Å². The Morgan fingerprint density at radius 1 is 1.05 bits per heavy atom. The highest BCUT2D eigenvalue weighted by Gasteiger charge is 2.20. The van der Waals surface area contributed by atoms with E-state index in [1.165, 1.54) is 5.56 Å². The van der Waals surface area contributed by atoms with E-state index >= 15 is 0 Å². The van der Waals surface area contributed by atoms with E-state index in [-0.39, 0.29) is 0 Å². The van der Waals surface area contributed by atoms with Crippen molar-refractivity contribution >= 4 is 0 Å². The first-order chi connectivity index (χ1) is 9.85. The summed E-state index contributed by atoms with van der Waals surface area (Å²) in [5.41, 5.74) is 1.23. The molecule has 1 aromatic rings. The molecule has 0 spiro atoms. The van der Waals surface area contributed by atoms with Crippen LogP contribution in [0.1, 0.15) is 31.2 Å². The van der Waals surface area contributed by atoms with Gasteiger partial charge in [-0.05, 0) is 49.3 Å². The van der Waals surface area contributed by atoms with Crippen LogP contribution in [0.5, 0.6) is 11.5 Å². The molecule has 4 heteroatoms. The molecule has 1 saturated carbocycles. The summed E-state index contributed by atoms with van der Waals surface area (Å²) >= 11 is 0. The second-order valence-electron chi connectivity index (χ2n) is 5.76. The van der Waals surface area contributed by atoms with Crippen molar-refractivity contribution in [2.75, 3.05) is 19.8 Å². The number of aliphatic hydroxyl groups excluding tert-OH is 1. The summed E-state index contributed by atoms with van der Waals surface area (Å²) in [5, 5.41) is 12.8. The van der Waals surface area contributed by atoms with E-state index in [1.54, 1.807) is 0 Å². The van der Waals surface area contributed by atoms with Crippen molar-refractivity contribution in [1.82, 2.24) is 5.32 Å². The van der Waals surface area contributed by atoms with Gasteiger partial charge in [0, 0.05) is 19.2 Å². The highest BCUT2D eigenvalue weighted by atomic mass is 16.6. The Balaban J connectivity index is 1.51. The van der Waals surface area contributed by atoms with E-state index in [0.717, 1.165) is 43.7 Å². The molecule has 3 rings (SSSR count). The van der Waals surface area contributed by atoms with Crippen molar-refractivity contribution in [3.05, 3.63) is 23.8 Å². The Morgan fingerprint density at radius 3 is 2.55 bits per heavy atom. The van der Waals surface area contributed by atoms with Crippen LogP contribution in [0.25, 0.3) is 0 Å². The maximum atomic E-state index is 9.15. The molecule has 1 fully saturated rings. The Bertz CT molecular complexity index is 441. The third-order valence-electron chi connectivity index (χ3n) is 4.31. The normalized spacial score (nSPS) is 25.4. The van der Waals surface area contributed by atoms with E-state index < -0.39 is 0 Å². The lowest BCUT2D eigenvalue weighted by Crippen LogP contribution is -2.33. The summed E-state index contributed by atoms with van der Waals surface area (Å²) in [4.78, 5) is 0. The molecule has 0 radical (unpaired) electrons. The van der Waals surface area contributed by atoms with Crippen molar-refractivity contribution in [2.45, 2.75) is 38.3 Å². The molecule has 1 heterocycles. The molecule has 4 nitrogen and oxygen atoms in total. The molecule has 0 amide bonds. The fourth-order valence-corrected chi connectivity index (χ4v) is 3.01. The number of rotatable bonds is 4. The molecule has 0 aromatic heterocycles. The average Bonchev–Trinajstić information content (AvgIpc) is 2.53. The summed E-state index contributed by atoms with van der Waals surface area (Å²) in [5.74, 6) is 2.23. The second kappa shape index (κ2) is 6.46. The zero-order chi connectivity index (χ0) is 13.8. The van der Waals surface area contributed by atoms with Gasteiger partial charge in [-0.15, -0.1) is 0 Å². The van der Waals surface area contributed by atoms with Gasteiger partial charge in [0.15, 0.2) is 11.5 Å². The van der Waals surface area contributed by atoms with Crippen LogP contribution >= 0.6 is 0 Å². The van der Waals surface area contributed by atoms with E-state index in [4.69, 9.17) is 14.6 Å². The zero-order valence-corrected chi connectivity index (χ0v) is 11.8. The average molecular weight is 277 g/mol. The SMILES string of the molecule is OCC1CCC(NCc2ccc3c(c2)OCCO3)CC1. The Kier molecular flexibility index (Phi) is 4.43. The Morgan fingerprint density at radius 2 is 1.80 bits per heavy atom. The minimum absolute atomic E-state index is 0.342. The molecular formula is C16H23NO3. The Labute approximate surface area is 120 Å². The quantitative estimate of drug-likeness (QED) is 0.885. The molecule has 0 saturated heterocycles. The Hall–Kier alpha value is -1.26. The third kappa shape index (κ3) is 3.25. The van der Waals surface area contributed by atoms with Gasteiger partial charge < -0.3 is 19.9 Å². The number of aliphatic hydroxyl groups is 1. The van der Waals surface area contributed by atoms with Crippen LogP contribution in [0.3, 0.4) is 0 Å². The smallest absolute Gasteiger partial charge is 0.161 e. The molecule has 2 N–H and O–H groups in total. The van der Waals surface area contributed by atoms with Crippen LogP contribution in [-0.2, 0) is 6.54 Å². The lowest BCUT2D eigenvalue weighted by molar-refractivity contribution is 0.171. The van der Waals surface area contributed by atoms with E-state index in [0.29, 0.717) is 31.8 Å². The molecule has 110 valence electrons. The number of benzene rings is 1. The van der Waals surface area contributed by atoms with Gasteiger partial charge >= 0.3 is 0 Å². The van der Waals surface area contributed by atoms with Crippen LogP contribution in [0, 0.1) is 5.92 Å². The summed E-state index contributed by atoms with van der Waals surface area (Å²) < 4.78 is 11.1. The molecule has 1 aromatic carbocycles. The fourth-order valence-electron chi connectivity index (χ4n) is 3.01. The molecule has 2 aliphatic rings. The largest absolute Gasteiger partial charge is 0.486 e. The number of hydrogen-bond donors (Lipinski definition) is 2. The number of ether oxygens (including phenoxy) is 2. The van der Waals surface area contributed by atoms with Crippen molar-refractivity contribution in [3.63, 3.8) is 0 Å². The van der Waals surface area contributed by atoms with Crippen molar-refractivity contribution < 1.29 is 14.6 Å². The molecular weight excluding hydrogens is 254 g/mol. The molecule has 0 unspecified atom stereocenters. The standard InChI is InChI=1S/C16H23NO3/c18-11-12-1-4-14(5-2-12)17-10-13-3-6-15-16(9-13)20-8-7-19-15/h3,6,9,12,14,17-18H,1-2,4-5,7-8,10-11H2. The lowest BCUT2D eigenvalue weighted by Gasteiger charge is -2.28. The topological polar surface area (TPSA) is 50.7 Å². The minimum atomic E-state index is 0.342. The predicted octanol–water partition coefficient (Wildman–Crippen LogP) is 2.10. The first kappa shape index (κ1) is 13.7. The maximum Gasteiger partial charge on any atom is 0.161 e. The van der Waals surface area contributed by atoms with Crippen LogP contribution in [0.15, 0.2) is 18.2 Å². The number of hydrogen-bond acceptors (Lipinski definition) is 4. The lowest BCUT2D eigenvalue weighted by atomic mass is 9.86. The van der Waals surface area contributed by atoms with Gasteiger partial charge in [-0.25, -0.2) is 0 Å². The second-order valence-corrected chi connectivity index (χ2v) is 5.76. The van der Waals surface area contributed by atoms with E-state index in [9.17, 15) is 0 Å². The molecule has 20 heavy (non-hydrogen) atoms. The molecule has 1 aliphatic heterocycles. The fraction of sp³-hybridized carbons (Fsp3) is 0.625. The third-order valence-corrected chi connectivity index (χ3v) is 4.31. The summed E-state index contributed by atoms with van der Waals surface area (Å²) in [6.07, 6.45) is 4.59. The first-order valence-corrected chi connectivity index (χ1v) is 7.58. The van der Waals surface area contributed by atoms with Crippen LogP contribution in [0.4, 0.5) is 0 Å². The van der Waals surface area contributed by atoms with Gasteiger partial charge in [0.1, 0.15) is 13.2 Å². The number of fused-ring (bicyclic) bond motifs is 1.